The number of piperidine rings is 1. The molecule has 0 bridgehead atoms. The molecule has 22 heavy (non-hydrogen) atoms. The zero-order chi connectivity index (χ0) is 15.7. The topological polar surface area (TPSA) is 75.3 Å². The van der Waals surface area contributed by atoms with Crippen LogP contribution < -0.4 is 10.6 Å². The van der Waals surface area contributed by atoms with E-state index in [9.17, 15) is 13.2 Å². The Morgan fingerprint density at radius 1 is 1.36 bits per heavy atom. The summed E-state index contributed by atoms with van der Waals surface area (Å²) in [6.07, 6.45) is 1.66. The molecule has 1 aliphatic rings. The molecule has 0 atom stereocenters. The average Bonchev–Trinajstić information content (AvgIpc) is 2.42. The molecule has 0 spiro atoms. The van der Waals surface area contributed by atoms with Crippen LogP contribution in [0, 0.1) is 0 Å². The van der Waals surface area contributed by atoms with E-state index in [1.165, 1.54) is 0 Å². The second-order valence-electron chi connectivity index (χ2n) is 5.10. The molecule has 1 aromatic carbocycles. The molecule has 1 heterocycles. The van der Waals surface area contributed by atoms with Crippen LogP contribution in [0.3, 0.4) is 0 Å². The summed E-state index contributed by atoms with van der Waals surface area (Å²) >= 11 is 9.18. The van der Waals surface area contributed by atoms with Gasteiger partial charge < -0.3 is 10.6 Å². The van der Waals surface area contributed by atoms with Crippen LogP contribution in [0.1, 0.15) is 12.8 Å². The molecule has 1 amide bonds. The zero-order valence-corrected chi connectivity index (χ0v) is 15.8. The number of carbonyl (C=O) groups excluding carboxylic acids is 1. The van der Waals surface area contributed by atoms with Gasteiger partial charge in [-0.1, -0.05) is 11.6 Å². The van der Waals surface area contributed by atoms with Gasteiger partial charge >= 0.3 is 0 Å². The summed E-state index contributed by atoms with van der Waals surface area (Å²) in [5.41, 5.74) is 0.512. The first-order chi connectivity index (χ1) is 9.76. The maximum Gasteiger partial charge on any atom is 0.245 e. The lowest BCUT2D eigenvalue weighted by Crippen LogP contribution is -2.55. The Labute approximate surface area is 149 Å². The number of amides is 1. The van der Waals surface area contributed by atoms with E-state index in [0.29, 0.717) is 28.3 Å². The van der Waals surface area contributed by atoms with E-state index in [1.54, 1.807) is 18.2 Å². The van der Waals surface area contributed by atoms with Gasteiger partial charge in [-0.15, -0.1) is 12.4 Å². The van der Waals surface area contributed by atoms with Crippen molar-refractivity contribution >= 4 is 61.4 Å². The maximum absolute atomic E-state index is 12.6. The van der Waals surface area contributed by atoms with Crippen LogP contribution >= 0.6 is 39.9 Å². The van der Waals surface area contributed by atoms with Gasteiger partial charge in [0.05, 0.1) is 5.02 Å². The summed E-state index contributed by atoms with van der Waals surface area (Å²) in [6, 6.07) is 4.93. The number of hydrogen-bond acceptors (Lipinski definition) is 4. The molecule has 2 N–H and O–H groups in total. The van der Waals surface area contributed by atoms with Gasteiger partial charge in [-0.25, -0.2) is 8.42 Å². The highest BCUT2D eigenvalue weighted by atomic mass is 79.9. The first-order valence-electron chi connectivity index (χ1n) is 6.43. The number of hydrogen-bond donors (Lipinski definition) is 2. The monoisotopic (exact) mass is 430 g/mol. The lowest BCUT2D eigenvalue weighted by Gasteiger charge is -2.34. The van der Waals surface area contributed by atoms with Crippen molar-refractivity contribution in [2.24, 2.45) is 0 Å². The van der Waals surface area contributed by atoms with Crippen molar-refractivity contribution in [3.05, 3.63) is 27.7 Å². The lowest BCUT2D eigenvalue weighted by atomic mass is 9.95. The van der Waals surface area contributed by atoms with Crippen LogP contribution in [0.5, 0.6) is 0 Å². The first-order valence-corrected chi connectivity index (χ1v) is 9.49. The molecule has 1 aliphatic heterocycles. The highest BCUT2D eigenvalue weighted by molar-refractivity contribution is 9.10. The minimum absolute atomic E-state index is 0. The molecule has 0 saturated carbocycles. The summed E-state index contributed by atoms with van der Waals surface area (Å²) in [5, 5.41) is 6.29. The Bertz CT molecular complexity index is 661. The van der Waals surface area contributed by atoms with Crippen molar-refractivity contribution in [3.63, 3.8) is 0 Å². The SMILES string of the molecule is CS(=O)(=O)C1(C(=O)Nc2ccc(Cl)c(Br)c2)CCNCC1.Cl. The predicted octanol–water partition coefficient (Wildman–Crippen LogP) is 2.63. The van der Waals surface area contributed by atoms with E-state index in [4.69, 9.17) is 11.6 Å². The minimum Gasteiger partial charge on any atom is -0.325 e. The number of rotatable bonds is 3. The molecular formula is C13H17BrCl2N2O3S. The lowest BCUT2D eigenvalue weighted by molar-refractivity contribution is -0.119. The van der Waals surface area contributed by atoms with Crippen molar-refractivity contribution in [1.29, 1.82) is 0 Å². The smallest absolute Gasteiger partial charge is 0.245 e. The molecule has 124 valence electrons. The molecule has 0 unspecified atom stereocenters. The number of sulfone groups is 1. The van der Waals surface area contributed by atoms with Crippen LogP contribution in [0.4, 0.5) is 5.69 Å². The number of anilines is 1. The highest BCUT2D eigenvalue weighted by Crippen LogP contribution is 2.31. The fourth-order valence-electron chi connectivity index (χ4n) is 2.42. The van der Waals surface area contributed by atoms with Crippen molar-refractivity contribution in [3.8, 4) is 0 Å². The molecule has 1 saturated heterocycles. The number of carbonyl (C=O) groups is 1. The minimum atomic E-state index is -3.51. The van der Waals surface area contributed by atoms with Crippen molar-refractivity contribution in [2.75, 3.05) is 24.7 Å². The third-order valence-electron chi connectivity index (χ3n) is 3.71. The van der Waals surface area contributed by atoms with Crippen LogP contribution in [-0.2, 0) is 14.6 Å². The van der Waals surface area contributed by atoms with Crippen LogP contribution in [0.25, 0.3) is 0 Å². The molecule has 1 fully saturated rings. The molecule has 2 rings (SSSR count). The summed E-state index contributed by atoms with van der Waals surface area (Å²) in [5.74, 6) is -0.485. The van der Waals surface area contributed by atoms with Gasteiger partial charge in [0.15, 0.2) is 14.6 Å². The van der Waals surface area contributed by atoms with E-state index >= 15 is 0 Å². The normalized spacial score (nSPS) is 17.4. The Balaban J connectivity index is 0.00000242. The van der Waals surface area contributed by atoms with Crippen molar-refractivity contribution in [1.82, 2.24) is 5.32 Å². The van der Waals surface area contributed by atoms with Gasteiger partial charge in [0.2, 0.25) is 5.91 Å². The van der Waals surface area contributed by atoms with Gasteiger partial charge in [-0.3, -0.25) is 4.79 Å². The van der Waals surface area contributed by atoms with E-state index < -0.39 is 20.5 Å². The Hall–Kier alpha value is -0.340. The maximum atomic E-state index is 12.6. The number of halogens is 3. The zero-order valence-electron chi connectivity index (χ0n) is 11.9. The molecule has 0 radical (unpaired) electrons. The average molecular weight is 432 g/mol. The molecule has 9 heteroatoms. The second-order valence-corrected chi connectivity index (χ2v) is 8.69. The number of benzene rings is 1. The summed E-state index contributed by atoms with van der Waals surface area (Å²) in [7, 11) is -3.51. The second kappa shape index (κ2) is 7.49. The van der Waals surface area contributed by atoms with Gasteiger partial charge in [-0.05, 0) is 60.1 Å². The fourth-order valence-corrected chi connectivity index (χ4v) is 4.25. The summed E-state index contributed by atoms with van der Waals surface area (Å²) in [6.45, 7) is 1.01. The van der Waals surface area contributed by atoms with Crippen molar-refractivity contribution < 1.29 is 13.2 Å². The summed E-state index contributed by atoms with van der Waals surface area (Å²) < 4.78 is 23.6. The Kier molecular flexibility index (Phi) is 6.71. The quantitative estimate of drug-likeness (QED) is 0.771. The third kappa shape index (κ3) is 3.94. The van der Waals surface area contributed by atoms with E-state index in [-0.39, 0.29) is 25.2 Å². The molecule has 0 aromatic heterocycles. The van der Waals surface area contributed by atoms with Gasteiger partial charge in [0.25, 0.3) is 0 Å². The highest BCUT2D eigenvalue weighted by Gasteiger charge is 2.48. The van der Waals surface area contributed by atoms with E-state index in [0.717, 1.165) is 6.26 Å². The fraction of sp³-hybridized carbons (Fsp3) is 0.462. The number of nitrogens with one attached hydrogen (secondary N) is 2. The van der Waals surface area contributed by atoms with E-state index in [1.807, 2.05) is 0 Å². The van der Waals surface area contributed by atoms with Gasteiger partial charge in [-0.2, -0.15) is 0 Å². The first kappa shape index (κ1) is 19.7. The van der Waals surface area contributed by atoms with Crippen LogP contribution in [0.2, 0.25) is 5.02 Å². The van der Waals surface area contributed by atoms with Crippen molar-refractivity contribution in [2.45, 2.75) is 17.6 Å². The van der Waals surface area contributed by atoms with Gasteiger partial charge in [0, 0.05) is 16.4 Å². The predicted molar refractivity (Wildman–Crippen MR) is 94.7 cm³/mol. The molecular weight excluding hydrogens is 415 g/mol. The van der Waals surface area contributed by atoms with Crippen LogP contribution in [0.15, 0.2) is 22.7 Å². The third-order valence-corrected chi connectivity index (χ3v) is 6.94. The molecule has 5 nitrogen and oxygen atoms in total. The van der Waals surface area contributed by atoms with Gasteiger partial charge in [0.1, 0.15) is 0 Å². The molecule has 1 aromatic rings. The molecule has 0 aliphatic carbocycles. The Morgan fingerprint density at radius 2 is 1.95 bits per heavy atom. The van der Waals surface area contributed by atoms with E-state index in [2.05, 4.69) is 26.6 Å². The van der Waals surface area contributed by atoms with Crippen LogP contribution in [-0.4, -0.2) is 38.4 Å². The largest absolute Gasteiger partial charge is 0.325 e. The standard InChI is InChI=1S/C13H16BrClN2O3S.ClH/c1-21(19,20)13(4-6-16-7-5-13)12(18)17-9-2-3-11(15)10(14)8-9;/h2-3,8,16H,4-7H2,1H3,(H,17,18);1H. The Morgan fingerprint density at radius 3 is 2.45 bits per heavy atom. The summed E-state index contributed by atoms with van der Waals surface area (Å²) in [4.78, 5) is 12.6.